The number of amides is 1. The Balaban J connectivity index is 2.45. The smallest absolute Gasteiger partial charge is 0.262 e. The molecule has 1 N–H and O–H groups in total. The third kappa shape index (κ3) is 3.67. The van der Waals surface area contributed by atoms with Crippen LogP contribution in [-0.4, -0.2) is 27.3 Å². The van der Waals surface area contributed by atoms with Crippen molar-refractivity contribution in [2.45, 2.75) is 27.3 Å². The highest BCUT2D eigenvalue weighted by molar-refractivity contribution is 6.07. The molecule has 0 radical (unpaired) electrons. The third-order valence-corrected chi connectivity index (χ3v) is 3.31. The van der Waals surface area contributed by atoms with Gasteiger partial charge < -0.3 is 10.0 Å². The Hall–Kier alpha value is -2.44. The number of rotatable bonds is 5. The van der Waals surface area contributed by atoms with E-state index in [0.717, 1.165) is 6.07 Å². The minimum Gasteiger partial charge on any atom is -0.504 e. The number of carbonyl (C=O) groups is 1. The van der Waals surface area contributed by atoms with Crippen LogP contribution in [0.2, 0.25) is 0 Å². The molecule has 0 bridgehead atoms. The van der Waals surface area contributed by atoms with Gasteiger partial charge in [-0.3, -0.25) is 9.48 Å². The van der Waals surface area contributed by atoms with Crippen LogP contribution in [0.3, 0.4) is 0 Å². The molecule has 0 aliphatic heterocycles. The zero-order valence-electron chi connectivity index (χ0n) is 13.3. The molecule has 0 fully saturated rings. The predicted octanol–water partition coefficient (Wildman–Crippen LogP) is 3.19. The van der Waals surface area contributed by atoms with Crippen LogP contribution in [0.5, 0.6) is 5.75 Å². The average Bonchev–Trinajstić information content (AvgIpc) is 2.96. The summed E-state index contributed by atoms with van der Waals surface area (Å²) in [6.07, 6.45) is 3.18. The number of benzene rings is 1. The van der Waals surface area contributed by atoms with E-state index in [1.165, 1.54) is 11.1 Å². The third-order valence-electron chi connectivity index (χ3n) is 3.31. The first-order chi connectivity index (χ1) is 10.8. The minimum atomic E-state index is -1.16. The monoisotopic (exact) mass is 323 g/mol. The molecule has 1 aromatic carbocycles. The molecular weight excluding hydrogens is 304 g/mol. The Morgan fingerprint density at radius 3 is 2.65 bits per heavy atom. The highest BCUT2D eigenvalue weighted by Crippen LogP contribution is 2.26. The van der Waals surface area contributed by atoms with Crippen molar-refractivity contribution in [1.29, 1.82) is 0 Å². The van der Waals surface area contributed by atoms with Crippen LogP contribution in [0.4, 0.5) is 14.5 Å². The van der Waals surface area contributed by atoms with Gasteiger partial charge in [0.25, 0.3) is 5.91 Å². The van der Waals surface area contributed by atoms with E-state index >= 15 is 0 Å². The quantitative estimate of drug-likeness (QED) is 0.919. The molecule has 23 heavy (non-hydrogen) atoms. The van der Waals surface area contributed by atoms with Crippen molar-refractivity contribution in [3.05, 3.63) is 41.7 Å². The Morgan fingerprint density at radius 2 is 2.09 bits per heavy atom. The number of phenols is 1. The van der Waals surface area contributed by atoms with Crippen molar-refractivity contribution in [3.8, 4) is 5.75 Å². The fourth-order valence-electron chi connectivity index (χ4n) is 2.21. The van der Waals surface area contributed by atoms with Crippen molar-refractivity contribution in [1.82, 2.24) is 9.78 Å². The molecule has 0 saturated carbocycles. The first-order valence-electron chi connectivity index (χ1n) is 7.35. The number of carbonyl (C=O) groups excluding carboxylic acids is 1. The Bertz CT molecular complexity index is 713. The zero-order chi connectivity index (χ0) is 17.1. The fourth-order valence-corrected chi connectivity index (χ4v) is 2.21. The first-order valence-corrected chi connectivity index (χ1v) is 7.35. The molecule has 0 atom stereocenters. The maximum Gasteiger partial charge on any atom is 0.262 e. The minimum absolute atomic E-state index is 0.115. The van der Waals surface area contributed by atoms with Crippen LogP contribution in [-0.2, 0) is 6.54 Å². The van der Waals surface area contributed by atoms with Gasteiger partial charge in [0, 0.05) is 25.4 Å². The molecule has 5 nitrogen and oxygen atoms in total. The highest BCUT2D eigenvalue weighted by Gasteiger charge is 2.25. The average molecular weight is 323 g/mol. The molecule has 1 aromatic heterocycles. The van der Waals surface area contributed by atoms with E-state index in [1.807, 2.05) is 20.8 Å². The number of aryl methyl sites for hydroxylation is 1. The fraction of sp³-hybridized carbons (Fsp3) is 0.375. The van der Waals surface area contributed by atoms with Crippen LogP contribution in [0.1, 0.15) is 31.1 Å². The topological polar surface area (TPSA) is 58.4 Å². The number of halogens is 2. The van der Waals surface area contributed by atoms with Gasteiger partial charge in [0.2, 0.25) is 0 Å². The second kappa shape index (κ2) is 6.76. The van der Waals surface area contributed by atoms with Crippen LogP contribution >= 0.6 is 0 Å². The number of nitrogens with zero attached hydrogens (tertiary/aromatic N) is 3. The summed E-state index contributed by atoms with van der Waals surface area (Å²) in [5.41, 5.74) is 0.0991. The zero-order valence-corrected chi connectivity index (χ0v) is 13.3. The largest absolute Gasteiger partial charge is 0.504 e. The summed E-state index contributed by atoms with van der Waals surface area (Å²) >= 11 is 0. The normalized spacial score (nSPS) is 11.0. The van der Waals surface area contributed by atoms with Crippen molar-refractivity contribution in [3.63, 3.8) is 0 Å². The summed E-state index contributed by atoms with van der Waals surface area (Å²) < 4.78 is 28.6. The van der Waals surface area contributed by atoms with Crippen molar-refractivity contribution >= 4 is 11.6 Å². The molecule has 2 aromatic rings. The van der Waals surface area contributed by atoms with Crippen molar-refractivity contribution in [2.24, 2.45) is 5.92 Å². The van der Waals surface area contributed by atoms with Gasteiger partial charge in [-0.05, 0) is 18.9 Å². The highest BCUT2D eigenvalue weighted by atomic mass is 19.1. The van der Waals surface area contributed by atoms with Gasteiger partial charge in [-0.15, -0.1) is 0 Å². The van der Waals surface area contributed by atoms with E-state index in [9.17, 15) is 18.7 Å². The second-order valence-corrected chi connectivity index (χ2v) is 5.65. The first kappa shape index (κ1) is 16.9. The number of phenolic OH excluding ortho intramolecular Hbond substituents is 1. The van der Waals surface area contributed by atoms with Gasteiger partial charge in [0.05, 0.1) is 17.4 Å². The van der Waals surface area contributed by atoms with Gasteiger partial charge in [-0.2, -0.15) is 5.10 Å². The lowest BCUT2D eigenvalue weighted by Gasteiger charge is -2.23. The van der Waals surface area contributed by atoms with Crippen LogP contribution in [0.25, 0.3) is 0 Å². The maximum absolute atomic E-state index is 13.5. The van der Waals surface area contributed by atoms with Gasteiger partial charge in [0.1, 0.15) is 5.82 Å². The summed E-state index contributed by atoms with van der Waals surface area (Å²) in [5, 5.41) is 13.9. The lowest BCUT2D eigenvalue weighted by molar-refractivity contribution is 0.0980. The van der Waals surface area contributed by atoms with E-state index in [2.05, 4.69) is 5.10 Å². The molecular formula is C16H19F2N3O2. The van der Waals surface area contributed by atoms with E-state index in [4.69, 9.17) is 0 Å². The standard InChI is InChI=1S/C16H19F2N3O2/c1-4-20-9-12(7-19-20)21(8-10(2)3)16(23)13-5-11(17)6-14(18)15(13)22/h5-7,9-10,22H,4,8H2,1-3H3. The van der Waals surface area contributed by atoms with Crippen molar-refractivity contribution in [2.75, 3.05) is 11.4 Å². The summed E-state index contributed by atoms with van der Waals surface area (Å²) in [4.78, 5) is 14.1. The van der Waals surface area contributed by atoms with Crippen LogP contribution in [0, 0.1) is 17.6 Å². The molecule has 0 aliphatic rings. The summed E-state index contributed by atoms with van der Waals surface area (Å²) in [7, 11) is 0. The molecule has 2 rings (SSSR count). The molecule has 0 unspecified atom stereocenters. The lowest BCUT2D eigenvalue weighted by atomic mass is 10.1. The summed E-state index contributed by atoms with van der Waals surface area (Å²) in [5.74, 6) is -3.50. The van der Waals surface area contributed by atoms with E-state index in [1.54, 1.807) is 10.9 Å². The van der Waals surface area contributed by atoms with Crippen LogP contribution < -0.4 is 4.90 Å². The van der Waals surface area contributed by atoms with Gasteiger partial charge in [-0.1, -0.05) is 13.8 Å². The Kier molecular flexibility index (Phi) is 4.98. The SMILES string of the molecule is CCn1cc(N(CC(C)C)C(=O)c2cc(F)cc(F)c2O)cn1. The molecule has 0 aliphatic carbocycles. The predicted molar refractivity (Wildman–Crippen MR) is 82.4 cm³/mol. The molecule has 0 saturated heterocycles. The number of hydrogen-bond donors (Lipinski definition) is 1. The van der Waals surface area contributed by atoms with E-state index in [0.29, 0.717) is 24.8 Å². The number of anilines is 1. The lowest BCUT2D eigenvalue weighted by Crippen LogP contribution is -2.34. The van der Waals surface area contributed by atoms with Gasteiger partial charge >= 0.3 is 0 Å². The van der Waals surface area contributed by atoms with Gasteiger partial charge in [0.15, 0.2) is 11.6 Å². The second-order valence-electron chi connectivity index (χ2n) is 5.65. The van der Waals surface area contributed by atoms with E-state index in [-0.39, 0.29) is 5.92 Å². The van der Waals surface area contributed by atoms with Crippen LogP contribution in [0.15, 0.2) is 24.5 Å². The molecule has 1 heterocycles. The summed E-state index contributed by atoms with van der Waals surface area (Å²) in [6.45, 7) is 6.68. The molecule has 1 amide bonds. The Labute approximate surface area is 133 Å². The van der Waals surface area contributed by atoms with E-state index < -0.39 is 28.9 Å². The number of aromatic hydroxyl groups is 1. The Morgan fingerprint density at radius 1 is 1.39 bits per heavy atom. The molecule has 0 spiro atoms. The van der Waals surface area contributed by atoms with Gasteiger partial charge in [-0.25, -0.2) is 8.78 Å². The summed E-state index contributed by atoms with van der Waals surface area (Å²) in [6, 6.07) is 1.37. The maximum atomic E-state index is 13.5. The number of hydrogen-bond acceptors (Lipinski definition) is 3. The molecule has 7 heteroatoms. The van der Waals surface area contributed by atoms with Crippen molar-refractivity contribution < 1.29 is 18.7 Å². The number of aromatic nitrogens is 2. The molecule has 124 valence electrons.